The number of carbonyl (C=O) groups excluding carboxylic acids is 2. The van der Waals surface area contributed by atoms with Crippen LogP contribution >= 0.6 is 0 Å². The molecule has 1 aliphatic rings. The lowest BCUT2D eigenvalue weighted by Gasteiger charge is -2.43. The number of likely N-dealkylation sites (tertiary alicyclic amines) is 1. The first-order valence-corrected chi connectivity index (χ1v) is 11.3. The minimum atomic E-state index is -0.156. The van der Waals surface area contributed by atoms with E-state index in [4.69, 9.17) is 4.74 Å². The van der Waals surface area contributed by atoms with Crippen LogP contribution in [0.3, 0.4) is 0 Å². The van der Waals surface area contributed by atoms with Gasteiger partial charge in [-0.1, -0.05) is 55.5 Å². The molecule has 2 unspecified atom stereocenters. The third-order valence-corrected chi connectivity index (χ3v) is 6.16. The number of ether oxygens (including phenoxy) is 1. The molecule has 2 aromatic carbocycles. The number of quaternary nitrogens is 1. The summed E-state index contributed by atoms with van der Waals surface area (Å²) in [4.78, 5) is 25.8. The molecular formula is C26H35BrN2O3. The van der Waals surface area contributed by atoms with Crippen LogP contribution in [0.4, 0.5) is 5.69 Å². The molecule has 1 aliphatic heterocycles. The lowest BCUT2D eigenvalue weighted by atomic mass is 9.94. The summed E-state index contributed by atoms with van der Waals surface area (Å²) in [5, 5.41) is 3.14. The summed E-state index contributed by atoms with van der Waals surface area (Å²) in [6.45, 7) is 9.08. The largest absolute Gasteiger partial charge is 1.00 e. The normalized spacial score (nSPS) is 20.2. The van der Waals surface area contributed by atoms with Gasteiger partial charge in [0, 0.05) is 11.3 Å². The molecule has 32 heavy (non-hydrogen) atoms. The first-order valence-electron chi connectivity index (χ1n) is 11.3. The van der Waals surface area contributed by atoms with Gasteiger partial charge in [-0.2, -0.15) is 0 Å². The number of nitrogens with zero attached hydrogens (tertiary/aromatic N) is 1. The Morgan fingerprint density at radius 3 is 2.41 bits per heavy atom. The van der Waals surface area contributed by atoms with E-state index in [0.29, 0.717) is 24.2 Å². The molecular weight excluding hydrogens is 468 g/mol. The monoisotopic (exact) mass is 502 g/mol. The lowest BCUT2D eigenvalue weighted by Crippen LogP contribution is -3.00. The molecule has 1 N–H and O–H groups in total. The van der Waals surface area contributed by atoms with Gasteiger partial charge in [-0.25, -0.2) is 0 Å². The minimum Gasteiger partial charge on any atom is -1.00 e. The molecule has 0 aliphatic carbocycles. The third kappa shape index (κ3) is 6.91. The van der Waals surface area contributed by atoms with E-state index in [9.17, 15) is 9.59 Å². The summed E-state index contributed by atoms with van der Waals surface area (Å²) in [5.41, 5.74) is 4.19. The van der Waals surface area contributed by atoms with Gasteiger partial charge >= 0.3 is 5.97 Å². The number of amides is 1. The van der Waals surface area contributed by atoms with Gasteiger partial charge in [-0.15, -0.1) is 0 Å². The molecule has 0 bridgehead atoms. The second kappa shape index (κ2) is 12.2. The number of nitrogens with one attached hydrogen (secondary N) is 1. The topological polar surface area (TPSA) is 55.4 Å². The number of esters is 1. The summed E-state index contributed by atoms with van der Waals surface area (Å²) >= 11 is 0. The number of aryl methyl sites for hydroxylation is 2. The summed E-state index contributed by atoms with van der Waals surface area (Å²) in [5.74, 6) is -0.278. The summed E-state index contributed by atoms with van der Waals surface area (Å²) in [7, 11) is 0. The molecule has 1 amide bonds. The van der Waals surface area contributed by atoms with Crippen molar-refractivity contribution in [2.45, 2.75) is 46.6 Å². The van der Waals surface area contributed by atoms with Crippen LogP contribution in [0, 0.1) is 19.8 Å². The molecule has 1 fully saturated rings. The second-order valence-electron chi connectivity index (χ2n) is 8.87. The summed E-state index contributed by atoms with van der Waals surface area (Å²) < 4.78 is 6.03. The molecule has 0 spiro atoms. The average Bonchev–Trinajstić information content (AvgIpc) is 2.75. The van der Waals surface area contributed by atoms with Gasteiger partial charge in [0.05, 0.1) is 19.7 Å². The zero-order valence-electron chi connectivity index (χ0n) is 19.4. The van der Waals surface area contributed by atoms with Crippen molar-refractivity contribution in [1.29, 1.82) is 0 Å². The zero-order valence-corrected chi connectivity index (χ0v) is 21.0. The van der Waals surface area contributed by atoms with Gasteiger partial charge in [0.25, 0.3) is 5.91 Å². The number of piperidine rings is 1. The van der Waals surface area contributed by atoms with E-state index in [1.54, 1.807) is 0 Å². The number of halogens is 1. The van der Waals surface area contributed by atoms with Crippen molar-refractivity contribution in [3.8, 4) is 0 Å². The van der Waals surface area contributed by atoms with Gasteiger partial charge in [0.15, 0.2) is 6.54 Å². The SMILES string of the molecule is CCCOC(=O)C1CCC[N+](CC(=O)Nc2c(C)cccc2C)(Cc2ccccc2)C1.[Br-]. The minimum absolute atomic E-state index is 0. The van der Waals surface area contributed by atoms with Gasteiger partial charge < -0.3 is 31.5 Å². The Labute approximate surface area is 202 Å². The van der Waals surface area contributed by atoms with Gasteiger partial charge in [0.2, 0.25) is 0 Å². The second-order valence-corrected chi connectivity index (χ2v) is 8.87. The van der Waals surface area contributed by atoms with Crippen LogP contribution in [0.2, 0.25) is 0 Å². The predicted octanol–water partition coefficient (Wildman–Crippen LogP) is 1.63. The van der Waals surface area contributed by atoms with Crippen molar-refractivity contribution in [1.82, 2.24) is 0 Å². The number of benzene rings is 2. The van der Waals surface area contributed by atoms with Crippen LogP contribution in [0.1, 0.15) is 42.9 Å². The Kier molecular flexibility index (Phi) is 9.91. The Morgan fingerprint density at radius 1 is 1.06 bits per heavy atom. The van der Waals surface area contributed by atoms with Crippen molar-refractivity contribution in [2.75, 3.05) is 31.6 Å². The predicted molar refractivity (Wildman–Crippen MR) is 124 cm³/mol. The number of hydrogen-bond donors (Lipinski definition) is 1. The first-order chi connectivity index (χ1) is 14.9. The van der Waals surface area contributed by atoms with Crippen molar-refractivity contribution in [3.63, 3.8) is 0 Å². The van der Waals surface area contributed by atoms with Crippen LogP contribution < -0.4 is 22.3 Å². The van der Waals surface area contributed by atoms with E-state index in [0.717, 1.165) is 49.2 Å². The number of para-hydroxylation sites is 1. The molecule has 174 valence electrons. The number of hydrogen-bond acceptors (Lipinski definition) is 3. The van der Waals surface area contributed by atoms with Gasteiger partial charge in [-0.05, 0) is 44.2 Å². The molecule has 0 radical (unpaired) electrons. The van der Waals surface area contributed by atoms with Crippen LogP contribution in [-0.2, 0) is 20.9 Å². The molecule has 6 heteroatoms. The fourth-order valence-electron chi connectivity index (χ4n) is 4.65. The van der Waals surface area contributed by atoms with E-state index in [1.165, 1.54) is 5.56 Å². The fourth-order valence-corrected chi connectivity index (χ4v) is 4.65. The Balaban J connectivity index is 0.00000363. The number of rotatable bonds is 8. The standard InChI is InChI=1S/C26H34N2O3.BrH/c1-4-16-31-26(30)23-14-9-15-28(18-23,17-22-12-6-5-7-13-22)19-24(29)27-25-20(2)10-8-11-21(25)3;/h5-8,10-13,23H,4,9,14-19H2,1-3H3;1H. The number of carbonyl (C=O) groups is 2. The van der Waals surface area contributed by atoms with Gasteiger partial charge in [0.1, 0.15) is 12.5 Å². The zero-order chi connectivity index (χ0) is 22.3. The highest BCUT2D eigenvalue weighted by atomic mass is 79.9. The van der Waals surface area contributed by atoms with E-state index in [1.807, 2.05) is 57.2 Å². The third-order valence-electron chi connectivity index (χ3n) is 6.16. The molecule has 0 aromatic heterocycles. The van der Waals surface area contributed by atoms with E-state index in [-0.39, 0.29) is 34.8 Å². The van der Waals surface area contributed by atoms with Crippen molar-refractivity contribution >= 4 is 17.6 Å². The maximum absolute atomic E-state index is 13.2. The molecule has 0 saturated carbocycles. The maximum Gasteiger partial charge on any atom is 0.314 e. The molecule has 1 heterocycles. The fraction of sp³-hybridized carbons (Fsp3) is 0.462. The van der Waals surface area contributed by atoms with Gasteiger partial charge in [-0.3, -0.25) is 9.59 Å². The van der Waals surface area contributed by atoms with Crippen molar-refractivity contribution in [3.05, 3.63) is 65.2 Å². The summed E-state index contributed by atoms with van der Waals surface area (Å²) in [6.07, 6.45) is 2.56. The average molecular weight is 503 g/mol. The molecule has 1 saturated heterocycles. The molecule has 2 aromatic rings. The van der Waals surface area contributed by atoms with Crippen molar-refractivity contribution < 1.29 is 35.8 Å². The van der Waals surface area contributed by atoms with E-state index >= 15 is 0 Å². The Morgan fingerprint density at radius 2 is 1.75 bits per heavy atom. The lowest BCUT2D eigenvalue weighted by molar-refractivity contribution is -0.940. The number of anilines is 1. The van der Waals surface area contributed by atoms with Crippen LogP contribution in [-0.4, -0.2) is 42.6 Å². The molecule has 2 atom stereocenters. The highest BCUT2D eigenvalue weighted by Crippen LogP contribution is 2.28. The smallest absolute Gasteiger partial charge is 0.314 e. The highest BCUT2D eigenvalue weighted by molar-refractivity contribution is 5.93. The van der Waals surface area contributed by atoms with E-state index < -0.39 is 0 Å². The highest BCUT2D eigenvalue weighted by Gasteiger charge is 2.40. The maximum atomic E-state index is 13.2. The molecule has 5 nitrogen and oxygen atoms in total. The Hall–Kier alpha value is -2.18. The summed E-state index contributed by atoms with van der Waals surface area (Å²) in [6, 6.07) is 16.3. The van der Waals surface area contributed by atoms with E-state index in [2.05, 4.69) is 17.4 Å². The first kappa shape index (κ1) is 26.1. The van der Waals surface area contributed by atoms with Crippen LogP contribution in [0.25, 0.3) is 0 Å². The van der Waals surface area contributed by atoms with Crippen LogP contribution in [0.15, 0.2) is 48.5 Å². The molecule has 3 rings (SSSR count). The van der Waals surface area contributed by atoms with Crippen molar-refractivity contribution in [2.24, 2.45) is 5.92 Å². The quantitative estimate of drug-likeness (QED) is 0.440. The Bertz CT molecular complexity index is 883. The van der Waals surface area contributed by atoms with Crippen LogP contribution in [0.5, 0.6) is 0 Å².